The van der Waals surface area contributed by atoms with Gasteiger partial charge >= 0.3 is 0 Å². The fraction of sp³-hybridized carbons (Fsp3) is 0.0909. The topological polar surface area (TPSA) is 98.0 Å². The van der Waals surface area contributed by atoms with Gasteiger partial charge in [0.15, 0.2) is 5.78 Å². The summed E-state index contributed by atoms with van der Waals surface area (Å²) in [5.74, 6) is -0.317. The van der Waals surface area contributed by atoms with Crippen LogP contribution in [0.5, 0.6) is 0 Å². The Balaban J connectivity index is 2.29. The van der Waals surface area contributed by atoms with Crippen LogP contribution in [0.15, 0.2) is 41.5 Å². The Hall–Kier alpha value is -2.70. The Morgan fingerprint density at radius 3 is 2.78 bits per heavy atom. The van der Waals surface area contributed by atoms with Gasteiger partial charge in [-0.15, -0.1) is 0 Å². The van der Waals surface area contributed by atoms with Crippen molar-refractivity contribution in [1.29, 1.82) is 0 Å². The Kier molecular flexibility index (Phi) is 3.05. The molecule has 0 spiro atoms. The van der Waals surface area contributed by atoms with Crippen LogP contribution in [-0.4, -0.2) is 20.3 Å². The maximum absolute atomic E-state index is 11.7. The summed E-state index contributed by atoms with van der Waals surface area (Å²) in [6.45, 7) is -0.235. The van der Waals surface area contributed by atoms with Crippen LogP contribution in [0.2, 0.25) is 0 Å². The zero-order valence-electron chi connectivity index (χ0n) is 9.20. The average Bonchev–Trinajstić information content (AvgIpc) is 2.85. The van der Waals surface area contributed by atoms with Gasteiger partial charge in [0.1, 0.15) is 0 Å². The number of aromatic amines is 1. The van der Waals surface area contributed by atoms with Crippen LogP contribution < -0.4 is 5.56 Å². The van der Waals surface area contributed by atoms with Crippen molar-refractivity contribution in [3.8, 4) is 0 Å². The molecule has 0 atom stereocenters. The molecule has 0 aliphatic rings. The van der Waals surface area contributed by atoms with Crippen molar-refractivity contribution in [2.24, 2.45) is 0 Å². The Morgan fingerprint density at radius 2 is 2.17 bits per heavy atom. The number of nitrogens with one attached hydrogen (secondary N) is 1. The molecule has 2 aromatic heterocycles. The van der Waals surface area contributed by atoms with E-state index < -0.39 is 10.5 Å². The lowest BCUT2D eigenvalue weighted by atomic mass is 10.3. The van der Waals surface area contributed by atoms with E-state index in [0.29, 0.717) is 5.69 Å². The third kappa shape index (κ3) is 2.34. The molecule has 2 heterocycles. The minimum Gasteiger partial charge on any atom is -0.359 e. The molecule has 0 fully saturated rings. The van der Waals surface area contributed by atoms with Gasteiger partial charge in [-0.25, -0.2) is 0 Å². The molecule has 0 unspecified atom stereocenters. The smallest absolute Gasteiger partial charge is 0.285 e. The summed E-state index contributed by atoms with van der Waals surface area (Å²) in [7, 11) is 0. The second-order valence-corrected chi connectivity index (χ2v) is 3.62. The molecule has 0 aliphatic heterocycles. The van der Waals surface area contributed by atoms with Gasteiger partial charge in [0.05, 0.1) is 23.4 Å². The predicted molar refractivity (Wildman–Crippen MR) is 62.5 cm³/mol. The van der Waals surface area contributed by atoms with Crippen LogP contribution in [-0.2, 0) is 6.54 Å². The molecule has 0 saturated heterocycles. The first-order valence-corrected chi connectivity index (χ1v) is 5.09. The molecule has 0 radical (unpaired) electrons. The molecule has 0 bridgehead atoms. The van der Waals surface area contributed by atoms with E-state index in [4.69, 9.17) is 0 Å². The van der Waals surface area contributed by atoms with Crippen LogP contribution in [0, 0.1) is 10.1 Å². The van der Waals surface area contributed by atoms with Crippen LogP contribution in [0.25, 0.3) is 0 Å². The first kappa shape index (κ1) is 11.8. The highest BCUT2D eigenvalue weighted by molar-refractivity contribution is 5.94. The normalized spacial score (nSPS) is 10.2. The quantitative estimate of drug-likeness (QED) is 0.494. The Morgan fingerprint density at radius 1 is 1.39 bits per heavy atom. The second kappa shape index (κ2) is 4.66. The van der Waals surface area contributed by atoms with Gasteiger partial charge in [0.2, 0.25) is 0 Å². The maximum atomic E-state index is 11.7. The molecule has 2 rings (SSSR count). The second-order valence-electron chi connectivity index (χ2n) is 3.62. The summed E-state index contributed by atoms with van der Waals surface area (Å²) in [5, 5.41) is 10.6. The van der Waals surface area contributed by atoms with Crippen molar-refractivity contribution < 1.29 is 9.72 Å². The van der Waals surface area contributed by atoms with E-state index in [-0.39, 0.29) is 18.0 Å². The summed E-state index contributed by atoms with van der Waals surface area (Å²) < 4.78 is 1.02. The van der Waals surface area contributed by atoms with Crippen molar-refractivity contribution in [2.75, 3.05) is 0 Å². The first-order chi connectivity index (χ1) is 8.58. The summed E-state index contributed by atoms with van der Waals surface area (Å²) in [5.41, 5.74) is -0.331. The molecule has 1 N–H and O–H groups in total. The monoisotopic (exact) mass is 247 g/mol. The fourth-order valence-electron chi connectivity index (χ4n) is 1.49. The lowest BCUT2D eigenvalue weighted by molar-refractivity contribution is -0.385. The standard InChI is InChI=1S/C11H9N3O4/c15-10(9-2-1-5-12-9)7-13-6-8(14(17)18)3-4-11(13)16/h1-6,12H,7H2. The van der Waals surface area contributed by atoms with Crippen LogP contribution in [0.1, 0.15) is 10.5 Å². The van der Waals surface area contributed by atoms with Crippen LogP contribution in [0.4, 0.5) is 5.69 Å². The van der Waals surface area contributed by atoms with Gasteiger partial charge < -0.3 is 9.55 Å². The minimum atomic E-state index is -0.616. The number of carbonyl (C=O) groups excluding carboxylic acids is 1. The number of pyridine rings is 1. The molecule has 0 aromatic carbocycles. The highest BCUT2D eigenvalue weighted by atomic mass is 16.6. The largest absolute Gasteiger partial charge is 0.359 e. The molecule has 0 aliphatic carbocycles. The molecule has 7 heteroatoms. The molecular weight excluding hydrogens is 238 g/mol. The van der Waals surface area contributed by atoms with Crippen LogP contribution >= 0.6 is 0 Å². The Bertz CT molecular complexity index is 643. The van der Waals surface area contributed by atoms with Crippen molar-refractivity contribution in [3.05, 3.63) is 62.8 Å². The molecule has 0 saturated carbocycles. The highest BCUT2D eigenvalue weighted by Crippen LogP contribution is 2.07. The van der Waals surface area contributed by atoms with Gasteiger partial charge in [0.25, 0.3) is 11.2 Å². The minimum absolute atomic E-state index is 0.228. The van der Waals surface area contributed by atoms with E-state index >= 15 is 0 Å². The molecule has 2 aromatic rings. The van der Waals surface area contributed by atoms with E-state index in [1.807, 2.05) is 0 Å². The summed E-state index contributed by atoms with van der Waals surface area (Å²) >= 11 is 0. The van der Waals surface area contributed by atoms with Gasteiger partial charge in [0, 0.05) is 18.3 Å². The van der Waals surface area contributed by atoms with E-state index in [0.717, 1.165) is 22.9 Å². The number of aromatic nitrogens is 2. The number of nitro groups is 1. The number of Topliss-reactive ketones (excluding diaryl/α,β-unsaturated/α-hetero) is 1. The molecule has 92 valence electrons. The highest BCUT2D eigenvalue weighted by Gasteiger charge is 2.12. The number of carbonyl (C=O) groups is 1. The predicted octanol–water partition coefficient (Wildman–Crippen LogP) is 0.967. The summed E-state index contributed by atoms with van der Waals surface area (Å²) in [4.78, 5) is 35.9. The zero-order valence-corrected chi connectivity index (χ0v) is 9.20. The fourth-order valence-corrected chi connectivity index (χ4v) is 1.49. The molecule has 7 nitrogen and oxygen atoms in total. The third-order valence-corrected chi connectivity index (χ3v) is 2.39. The van der Waals surface area contributed by atoms with Crippen molar-refractivity contribution in [1.82, 2.24) is 9.55 Å². The van der Waals surface area contributed by atoms with E-state index in [1.54, 1.807) is 18.3 Å². The van der Waals surface area contributed by atoms with E-state index in [2.05, 4.69) is 4.98 Å². The van der Waals surface area contributed by atoms with E-state index in [1.165, 1.54) is 0 Å². The van der Waals surface area contributed by atoms with Crippen LogP contribution in [0.3, 0.4) is 0 Å². The van der Waals surface area contributed by atoms with Crippen molar-refractivity contribution >= 4 is 11.5 Å². The number of rotatable bonds is 4. The van der Waals surface area contributed by atoms with Crippen molar-refractivity contribution in [2.45, 2.75) is 6.54 Å². The van der Waals surface area contributed by atoms with Crippen molar-refractivity contribution in [3.63, 3.8) is 0 Å². The average molecular weight is 247 g/mol. The summed E-state index contributed by atoms with van der Waals surface area (Å²) in [6.07, 6.45) is 2.65. The van der Waals surface area contributed by atoms with Gasteiger partial charge in [-0.1, -0.05) is 0 Å². The van der Waals surface area contributed by atoms with E-state index in [9.17, 15) is 19.7 Å². The lowest BCUT2D eigenvalue weighted by Gasteiger charge is -2.03. The number of ketones is 1. The number of nitrogens with zero attached hydrogens (tertiary/aromatic N) is 2. The zero-order chi connectivity index (χ0) is 13.1. The number of hydrogen-bond donors (Lipinski definition) is 1. The SMILES string of the molecule is O=C(Cn1cc([N+](=O)[O-])ccc1=O)c1ccc[nH]1. The number of hydrogen-bond acceptors (Lipinski definition) is 4. The van der Waals surface area contributed by atoms with Gasteiger partial charge in [-0.2, -0.15) is 0 Å². The van der Waals surface area contributed by atoms with Gasteiger partial charge in [-0.3, -0.25) is 19.7 Å². The lowest BCUT2D eigenvalue weighted by Crippen LogP contribution is -2.23. The third-order valence-electron chi connectivity index (χ3n) is 2.39. The molecule has 18 heavy (non-hydrogen) atoms. The summed E-state index contributed by atoms with van der Waals surface area (Å²) in [6, 6.07) is 5.41. The number of H-pyrrole nitrogens is 1. The molecule has 0 amide bonds. The first-order valence-electron chi connectivity index (χ1n) is 5.09. The van der Waals surface area contributed by atoms with Gasteiger partial charge in [-0.05, 0) is 12.1 Å². The molecular formula is C11H9N3O4. The maximum Gasteiger partial charge on any atom is 0.285 e. The Labute approximate surface area is 101 Å².